The molecule has 0 saturated carbocycles. The highest BCUT2D eigenvalue weighted by molar-refractivity contribution is 7.90. The largest absolute Gasteiger partial charge is 0.480 e. The lowest BCUT2D eigenvalue weighted by molar-refractivity contribution is -0.142. The third-order valence-corrected chi connectivity index (χ3v) is 5.08. The maximum atomic E-state index is 12.2. The number of aliphatic imine (C=N–C) groups is 1. The molecule has 0 fully saturated rings. The number of amides is 1. The van der Waals surface area contributed by atoms with Crippen LogP contribution in [0.25, 0.3) is 0 Å². The summed E-state index contributed by atoms with van der Waals surface area (Å²) in [6, 6.07) is 4.36. The standard InChI is InChI=1S/C16H21N3O5S/c1-9(2)8-12(16(21)22)18-15(20)10(3)17-14-11-6-4-5-7-13(11)25(23,24)19-14/h4-7,9-10,12H,8H2,1-3H3,(H,17,19)(H,18,20)(H,21,22)/t10?,12-/m1/s1. The molecule has 1 aromatic rings. The highest BCUT2D eigenvalue weighted by Crippen LogP contribution is 2.22. The van der Waals surface area contributed by atoms with Gasteiger partial charge >= 0.3 is 5.97 Å². The van der Waals surface area contributed by atoms with Crippen LogP contribution in [0.15, 0.2) is 34.2 Å². The average Bonchev–Trinajstić information content (AvgIpc) is 2.77. The zero-order valence-electron chi connectivity index (χ0n) is 14.2. The van der Waals surface area contributed by atoms with Gasteiger partial charge in [-0.05, 0) is 31.4 Å². The van der Waals surface area contributed by atoms with E-state index in [2.05, 4.69) is 15.0 Å². The van der Waals surface area contributed by atoms with E-state index in [-0.39, 0.29) is 16.6 Å². The number of hydrogen-bond donors (Lipinski definition) is 3. The van der Waals surface area contributed by atoms with Gasteiger partial charge in [-0.25, -0.2) is 13.2 Å². The lowest BCUT2D eigenvalue weighted by atomic mass is 10.0. The van der Waals surface area contributed by atoms with Gasteiger partial charge in [0.2, 0.25) is 5.91 Å². The van der Waals surface area contributed by atoms with Crippen molar-refractivity contribution in [3.63, 3.8) is 0 Å². The number of carboxylic acid groups (broad SMARTS) is 1. The highest BCUT2D eigenvalue weighted by atomic mass is 32.2. The van der Waals surface area contributed by atoms with E-state index in [0.717, 1.165) is 0 Å². The summed E-state index contributed by atoms with van der Waals surface area (Å²) in [6.07, 6.45) is 0.291. The summed E-state index contributed by atoms with van der Waals surface area (Å²) >= 11 is 0. The number of sulfonamides is 1. The molecule has 1 aliphatic rings. The topological polar surface area (TPSA) is 125 Å². The van der Waals surface area contributed by atoms with Crippen molar-refractivity contribution in [2.24, 2.45) is 10.9 Å². The quantitative estimate of drug-likeness (QED) is 0.683. The Morgan fingerprint density at radius 3 is 2.48 bits per heavy atom. The van der Waals surface area contributed by atoms with Crippen LogP contribution in [0.2, 0.25) is 0 Å². The molecule has 0 bridgehead atoms. The van der Waals surface area contributed by atoms with Crippen molar-refractivity contribution in [3.8, 4) is 0 Å². The van der Waals surface area contributed by atoms with Crippen molar-refractivity contribution >= 4 is 27.7 Å². The molecule has 0 aromatic heterocycles. The Balaban J connectivity index is 2.19. The highest BCUT2D eigenvalue weighted by Gasteiger charge is 2.31. The first-order valence-electron chi connectivity index (χ1n) is 7.85. The molecule has 1 aromatic carbocycles. The van der Waals surface area contributed by atoms with Gasteiger partial charge in [-0.15, -0.1) is 0 Å². The van der Waals surface area contributed by atoms with E-state index in [0.29, 0.717) is 12.0 Å². The number of amidine groups is 1. The van der Waals surface area contributed by atoms with Crippen LogP contribution in [0.5, 0.6) is 0 Å². The summed E-state index contributed by atoms with van der Waals surface area (Å²) in [5, 5.41) is 11.6. The van der Waals surface area contributed by atoms with Crippen molar-refractivity contribution < 1.29 is 23.1 Å². The SMILES string of the molecule is CC(C)C[C@@H](NC(=O)C(C)N=C1NS(=O)(=O)c2ccccc21)C(=O)O. The minimum absolute atomic E-state index is 0.0778. The van der Waals surface area contributed by atoms with Gasteiger partial charge in [-0.2, -0.15) is 0 Å². The van der Waals surface area contributed by atoms with Gasteiger partial charge in [0.25, 0.3) is 10.0 Å². The average molecular weight is 367 g/mol. The number of fused-ring (bicyclic) bond motifs is 1. The van der Waals surface area contributed by atoms with Crippen molar-refractivity contribution in [1.29, 1.82) is 0 Å². The van der Waals surface area contributed by atoms with Gasteiger partial charge in [-0.1, -0.05) is 26.0 Å². The summed E-state index contributed by atoms with van der Waals surface area (Å²) in [5.74, 6) is -1.52. The van der Waals surface area contributed by atoms with Crippen LogP contribution < -0.4 is 10.0 Å². The number of nitrogens with zero attached hydrogens (tertiary/aromatic N) is 1. The first-order valence-corrected chi connectivity index (χ1v) is 9.33. The predicted molar refractivity (Wildman–Crippen MR) is 91.8 cm³/mol. The summed E-state index contributed by atoms with van der Waals surface area (Å²) in [5.41, 5.74) is 0.388. The number of hydrogen-bond acceptors (Lipinski definition) is 5. The number of carbonyl (C=O) groups excluding carboxylic acids is 1. The van der Waals surface area contributed by atoms with Crippen molar-refractivity contribution in [2.75, 3.05) is 0 Å². The van der Waals surface area contributed by atoms with Crippen molar-refractivity contribution in [3.05, 3.63) is 29.8 Å². The van der Waals surface area contributed by atoms with Crippen LogP contribution in [-0.2, 0) is 19.6 Å². The van der Waals surface area contributed by atoms with E-state index in [4.69, 9.17) is 0 Å². The normalized spacial score (nSPS) is 19.1. The van der Waals surface area contributed by atoms with Gasteiger partial charge in [0.15, 0.2) is 0 Å². The first kappa shape index (κ1) is 18.9. The molecule has 0 spiro atoms. The van der Waals surface area contributed by atoms with E-state index in [9.17, 15) is 23.1 Å². The molecule has 1 unspecified atom stereocenters. The smallest absolute Gasteiger partial charge is 0.326 e. The Morgan fingerprint density at radius 1 is 1.24 bits per heavy atom. The Labute approximate surface area is 146 Å². The second kappa shape index (κ2) is 7.22. The zero-order chi connectivity index (χ0) is 18.8. The van der Waals surface area contributed by atoms with Crippen LogP contribution in [0.3, 0.4) is 0 Å². The maximum absolute atomic E-state index is 12.2. The summed E-state index contributed by atoms with van der Waals surface area (Å²) in [7, 11) is -3.69. The van der Waals surface area contributed by atoms with Gasteiger partial charge in [-0.3, -0.25) is 14.5 Å². The minimum Gasteiger partial charge on any atom is -0.480 e. The third kappa shape index (κ3) is 4.36. The fourth-order valence-electron chi connectivity index (χ4n) is 2.47. The van der Waals surface area contributed by atoms with Crippen LogP contribution in [0.1, 0.15) is 32.8 Å². The molecule has 1 heterocycles. The van der Waals surface area contributed by atoms with Crippen LogP contribution >= 0.6 is 0 Å². The van der Waals surface area contributed by atoms with Crippen LogP contribution in [-0.4, -0.2) is 43.3 Å². The number of carboxylic acids is 1. The number of rotatable bonds is 6. The zero-order valence-corrected chi connectivity index (χ0v) is 15.0. The van der Waals surface area contributed by atoms with E-state index in [1.165, 1.54) is 13.0 Å². The van der Waals surface area contributed by atoms with Gasteiger partial charge < -0.3 is 10.4 Å². The fourth-order valence-corrected chi connectivity index (χ4v) is 3.71. The molecular weight excluding hydrogens is 346 g/mol. The second-order valence-electron chi connectivity index (χ2n) is 6.28. The number of aliphatic carboxylic acids is 1. The molecule has 0 saturated heterocycles. The molecule has 1 amide bonds. The molecule has 25 heavy (non-hydrogen) atoms. The molecule has 1 aliphatic heterocycles. The fraction of sp³-hybridized carbons (Fsp3) is 0.438. The monoisotopic (exact) mass is 367 g/mol. The molecule has 2 rings (SSSR count). The second-order valence-corrected chi connectivity index (χ2v) is 7.94. The molecule has 136 valence electrons. The molecule has 9 heteroatoms. The van der Waals surface area contributed by atoms with E-state index in [1.54, 1.807) is 18.2 Å². The molecule has 2 atom stereocenters. The molecule has 0 aliphatic carbocycles. The van der Waals surface area contributed by atoms with Gasteiger partial charge in [0, 0.05) is 5.56 Å². The number of benzene rings is 1. The van der Waals surface area contributed by atoms with Gasteiger partial charge in [0.1, 0.15) is 17.9 Å². The Kier molecular flexibility index (Phi) is 5.46. The molecular formula is C16H21N3O5S. The lowest BCUT2D eigenvalue weighted by Crippen LogP contribution is -2.45. The van der Waals surface area contributed by atoms with E-state index in [1.807, 2.05) is 13.8 Å². The number of nitrogens with one attached hydrogen (secondary N) is 2. The Morgan fingerprint density at radius 2 is 1.88 bits per heavy atom. The Bertz CT molecular complexity index is 817. The molecule has 0 radical (unpaired) electrons. The van der Waals surface area contributed by atoms with Crippen LogP contribution in [0, 0.1) is 5.92 Å². The van der Waals surface area contributed by atoms with Gasteiger partial charge in [0.05, 0.1) is 4.90 Å². The Hall–Kier alpha value is -2.42. The van der Waals surface area contributed by atoms with E-state index >= 15 is 0 Å². The lowest BCUT2D eigenvalue weighted by Gasteiger charge is -2.18. The summed E-state index contributed by atoms with van der Waals surface area (Å²) in [6.45, 7) is 5.19. The summed E-state index contributed by atoms with van der Waals surface area (Å²) in [4.78, 5) is 27.7. The van der Waals surface area contributed by atoms with Crippen molar-refractivity contribution in [2.45, 2.75) is 44.2 Å². The minimum atomic E-state index is -3.69. The number of carbonyl (C=O) groups is 2. The summed E-state index contributed by atoms with van der Waals surface area (Å²) < 4.78 is 26.4. The van der Waals surface area contributed by atoms with Crippen molar-refractivity contribution in [1.82, 2.24) is 10.0 Å². The van der Waals surface area contributed by atoms with Crippen LogP contribution in [0.4, 0.5) is 0 Å². The molecule has 8 nitrogen and oxygen atoms in total. The van der Waals surface area contributed by atoms with E-state index < -0.39 is 34.0 Å². The molecule has 3 N–H and O–H groups in total. The predicted octanol–water partition coefficient (Wildman–Crippen LogP) is 0.729. The third-order valence-electron chi connectivity index (χ3n) is 3.69. The maximum Gasteiger partial charge on any atom is 0.326 e. The first-order chi connectivity index (χ1) is 11.6.